The highest BCUT2D eigenvalue weighted by Crippen LogP contribution is 2.24. The van der Waals surface area contributed by atoms with Crippen molar-refractivity contribution >= 4 is 0 Å². The molecule has 0 heterocycles. The van der Waals surface area contributed by atoms with E-state index in [1.54, 1.807) is 0 Å². The van der Waals surface area contributed by atoms with Crippen molar-refractivity contribution in [2.75, 3.05) is 0 Å². The minimum atomic E-state index is 0.148. The maximum absolute atomic E-state index is 5.78. The van der Waals surface area contributed by atoms with Gasteiger partial charge in [0.15, 0.2) is 0 Å². The number of benzene rings is 2. The summed E-state index contributed by atoms with van der Waals surface area (Å²) in [6, 6.07) is 13.2. The molecule has 0 fully saturated rings. The first-order valence-electron chi connectivity index (χ1n) is 7.10. The van der Waals surface area contributed by atoms with E-state index in [2.05, 4.69) is 69.5 Å². The van der Waals surface area contributed by atoms with Crippen molar-refractivity contribution in [3.8, 4) is 0 Å². The van der Waals surface area contributed by atoms with Gasteiger partial charge in [-0.15, -0.1) is 0 Å². The molecule has 0 aromatic heterocycles. The van der Waals surface area contributed by atoms with Crippen molar-refractivity contribution in [3.63, 3.8) is 0 Å². The third-order valence-corrected chi connectivity index (χ3v) is 3.89. The van der Waals surface area contributed by atoms with Gasteiger partial charge in [-0.25, -0.2) is 0 Å². The SMILES string of the molecule is Cc1cccc(C(Cc2c(C)cc(C)cc2C)NN)c1. The molecule has 0 amide bonds. The van der Waals surface area contributed by atoms with Gasteiger partial charge in [-0.1, -0.05) is 47.5 Å². The molecular weight excluding hydrogens is 244 g/mol. The Kier molecular flexibility index (Phi) is 4.58. The summed E-state index contributed by atoms with van der Waals surface area (Å²) in [4.78, 5) is 0. The lowest BCUT2D eigenvalue weighted by atomic mass is 9.91. The molecule has 0 saturated carbocycles. The van der Waals surface area contributed by atoms with Crippen LogP contribution in [0.3, 0.4) is 0 Å². The number of hydrazine groups is 1. The van der Waals surface area contributed by atoms with E-state index in [1.165, 1.54) is 33.4 Å². The van der Waals surface area contributed by atoms with Gasteiger partial charge in [0, 0.05) is 0 Å². The van der Waals surface area contributed by atoms with Gasteiger partial charge in [-0.05, 0) is 56.4 Å². The molecule has 106 valence electrons. The topological polar surface area (TPSA) is 38.0 Å². The Hall–Kier alpha value is -1.64. The zero-order chi connectivity index (χ0) is 14.7. The maximum Gasteiger partial charge on any atom is 0.0500 e. The number of nitrogens with two attached hydrogens (primary N) is 1. The Morgan fingerprint density at radius 3 is 2.15 bits per heavy atom. The number of aryl methyl sites for hydroxylation is 4. The smallest absolute Gasteiger partial charge is 0.0500 e. The second-order valence-corrected chi connectivity index (χ2v) is 5.71. The molecule has 1 atom stereocenters. The standard InChI is InChI=1S/C18H24N2/c1-12-6-5-7-16(10-12)18(20-19)11-17-14(3)8-13(2)9-15(17)4/h5-10,18,20H,11,19H2,1-4H3. The Balaban J connectivity index is 2.32. The molecule has 2 aromatic carbocycles. The first-order chi connectivity index (χ1) is 9.51. The quantitative estimate of drug-likeness (QED) is 0.656. The Morgan fingerprint density at radius 1 is 0.950 bits per heavy atom. The van der Waals surface area contributed by atoms with E-state index in [4.69, 9.17) is 5.84 Å². The van der Waals surface area contributed by atoms with Gasteiger partial charge < -0.3 is 0 Å². The molecule has 2 rings (SSSR count). The van der Waals surface area contributed by atoms with Crippen molar-refractivity contribution in [2.45, 2.75) is 40.2 Å². The first kappa shape index (κ1) is 14.8. The van der Waals surface area contributed by atoms with Crippen LogP contribution in [0.4, 0.5) is 0 Å². The molecule has 20 heavy (non-hydrogen) atoms. The van der Waals surface area contributed by atoms with Crippen LogP contribution in [0.1, 0.15) is 39.4 Å². The largest absolute Gasteiger partial charge is 0.271 e. The van der Waals surface area contributed by atoms with Crippen LogP contribution in [0.2, 0.25) is 0 Å². The van der Waals surface area contributed by atoms with E-state index in [0.29, 0.717) is 0 Å². The molecule has 3 N–H and O–H groups in total. The van der Waals surface area contributed by atoms with Crippen LogP contribution >= 0.6 is 0 Å². The normalized spacial score (nSPS) is 12.4. The lowest BCUT2D eigenvalue weighted by Gasteiger charge is -2.20. The molecule has 2 nitrogen and oxygen atoms in total. The van der Waals surface area contributed by atoms with Crippen molar-refractivity contribution in [1.29, 1.82) is 0 Å². The predicted molar refractivity (Wildman–Crippen MR) is 85.6 cm³/mol. The molecule has 0 saturated heterocycles. The average Bonchev–Trinajstić information content (AvgIpc) is 2.38. The maximum atomic E-state index is 5.78. The molecule has 1 unspecified atom stereocenters. The highest BCUT2D eigenvalue weighted by molar-refractivity contribution is 5.39. The summed E-state index contributed by atoms with van der Waals surface area (Å²) < 4.78 is 0. The van der Waals surface area contributed by atoms with Crippen molar-refractivity contribution in [2.24, 2.45) is 5.84 Å². The van der Waals surface area contributed by atoms with E-state index in [-0.39, 0.29) is 6.04 Å². The van der Waals surface area contributed by atoms with Crippen molar-refractivity contribution in [1.82, 2.24) is 5.43 Å². The molecule has 2 aromatic rings. The van der Waals surface area contributed by atoms with Crippen LogP contribution in [-0.4, -0.2) is 0 Å². The first-order valence-corrected chi connectivity index (χ1v) is 7.10. The second-order valence-electron chi connectivity index (χ2n) is 5.71. The van der Waals surface area contributed by atoms with E-state index in [1.807, 2.05) is 0 Å². The summed E-state index contributed by atoms with van der Waals surface area (Å²) in [5.74, 6) is 5.78. The highest BCUT2D eigenvalue weighted by atomic mass is 15.2. The predicted octanol–water partition coefficient (Wildman–Crippen LogP) is 3.67. The third kappa shape index (κ3) is 3.27. The number of hydrogen-bond donors (Lipinski definition) is 2. The number of rotatable bonds is 4. The number of nitrogens with one attached hydrogen (secondary N) is 1. The van der Waals surface area contributed by atoms with Crippen molar-refractivity contribution in [3.05, 3.63) is 69.8 Å². The second kappa shape index (κ2) is 6.21. The molecule has 0 aliphatic heterocycles. The molecule has 0 aliphatic carbocycles. The Labute approximate surface area is 122 Å². The van der Waals surface area contributed by atoms with Gasteiger partial charge >= 0.3 is 0 Å². The van der Waals surface area contributed by atoms with E-state index in [0.717, 1.165) is 6.42 Å². The van der Waals surface area contributed by atoms with Gasteiger partial charge in [0.1, 0.15) is 0 Å². The Morgan fingerprint density at radius 2 is 1.60 bits per heavy atom. The molecular formula is C18H24N2. The van der Waals surface area contributed by atoms with Crippen LogP contribution < -0.4 is 11.3 Å². The lowest BCUT2D eigenvalue weighted by Crippen LogP contribution is -2.30. The molecule has 0 radical (unpaired) electrons. The minimum absolute atomic E-state index is 0.148. The van der Waals surface area contributed by atoms with Crippen LogP contribution in [-0.2, 0) is 6.42 Å². The molecule has 0 aliphatic rings. The van der Waals surface area contributed by atoms with Crippen LogP contribution in [0.15, 0.2) is 36.4 Å². The van der Waals surface area contributed by atoms with Gasteiger partial charge in [0.2, 0.25) is 0 Å². The van der Waals surface area contributed by atoms with Gasteiger partial charge in [0.05, 0.1) is 6.04 Å². The fourth-order valence-corrected chi connectivity index (χ4v) is 2.90. The molecule has 2 heteroatoms. The minimum Gasteiger partial charge on any atom is -0.271 e. The number of hydrogen-bond acceptors (Lipinski definition) is 2. The molecule has 0 spiro atoms. The van der Waals surface area contributed by atoms with E-state index >= 15 is 0 Å². The zero-order valence-electron chi connectivity index (χ0n) is 12.8. The Bertz CT molecular complexity index is 579. The summed E-state index contributed by atoms with van der Waals surface area (Å²) >= 11 is 0. The summed E-state index contributed by atoms with van der Waals surface area (Å²) in [6.45, 7) is 8.61. The van der Waals surface area contributed by atoms with E-state index < -0.39 is 0 Å². The summed E-state index contributed by atoms with van der Waals surface area (Å²) in [5.41, 5.74) is 10.9. The van der Waals surface area contributed by atoms with Gasteiger partial charge in [-0.3, -0.25) is 11.3 Å². The zero-order valence-corrected chi connectivity index (χ0v) is 12.8. The molecule has 0 bridgehead atoms. The van der Waals surface area contributed by atoms with Gasteiger partial charge in [0.25, 0.3) is 0 Å². The van der Waals surface area contributed by atoms with Gasteiger partial charge in [-0.2, -0.15) is 0 Å². The summed E-state index contributed by atoms with van der Waals surface area (Å²) in [7, 11) is 0. The van der Waals surface area contributed by atoms with Crippen LogP contribution in [0, 0.1) is 27.7 Å². The van der Waals surface area contributed by atoms with Crippen LogP contribution in [0.5, 0.6) is 0 Å². The average molecular weight is 268 g/mol. The van der Waals surface area contributed by atoms with Crippen LogP contribution in [0.25, 0.3) is 0 Å². The summed E-state index contributed by atoms with van der Waals surface area (Å²) in [6.07, 6.45) is 0.915. The monoisotopic (exact) mass is 268 g/mol. The fraction of sp³-hybridized carbons (Fsp3) is 0.333. The highest BCUT2D eigenvalue weighted by Gasteiger charge is 2.14. The lowest BCUT2D eigenvalue weighted by molar-refractivity contribution is 0.549. The fourth-order valence-electron chi connectivity index (χ4n) is 2.90. The third-order valence-electron chi connectivity index (χ3n) is 3.89. The van der Waals surface area contributed by atoms with E-state index in [9.17, 15) is 0 Å². The van der Waals surface area contributed by atoms with Crippen molar-refractivity contribution < 1.29 is 0 Å². The summed E-state index contributed by atoms with van der Waals surface area (Å²) in [5, 5.41) is 0.